The van der Waals surface area contributed by atoms with Gasteiger partial charge in [-0.15, -0.1) is 0 Å². The Labute approximate surface area is 134 Å². The van der Waals surface area contributed by atoms with Crippen molar-refractivity contribution < 1.29 is 14.3 Å². The number of carbonyl (C=O) groups is 1. The van der Waals surface area contributed by atoms with E-state index >= 15 is 0 Å². The molecule has 116 valence electrons. The number of ether oxygens (including phenoxy) is 2. The van der Waals surface area contributed by atoms with Crippen molar-refractivity contribution in [2.45, 2.75) is 6.42 Å². The van der Waals surface area contributed by atoms with Crippen molar-refractivity contribution in [3.63, 3.8) is 0 Å². The Morgan fingerprint density at radius 1 is 1.00 bits per heavy atom. The van der Waals surface area contributed by atoms with Gasteiger partial charge in [-0.05, 0) is 23.1 Å². The molecule has 1 aromatic heterocycles. The molecule has 4 heteroatoms. The molecule has 0 aliphatic carbocycles. The molecule has 0 amide bonds. The van der Waals surface area contributed by atoms with Gasteiger partial charge in [0.1, 0.15) is 0 Å². The van der Waals surface area contributed by atoms with E-state index in [1.54, 1.807) is 26.6 Å². The van der Waals surface area contributed by atoms with Gasteiger partial charge in [0.05, 0.1) is 14.2 Å². The quantitative estimate of drug-likeness (QED) is 0.675. The Balaban J connectivity index is 2.02. The molecule has 1 heterocycles. The summed E-state index contributed by atoms with van der Waals surface area (Å²) in [5.74, 6) is 1.35. The molecule has 0 aliphatic rings. The first-order chi connectivity index (χ1) is 11.2. The zero-order valence-corrected chi connectivity index (χ0v) is 13.1. The van der Waals surface area contributed by atoms with Crippen molar-refractivity contribution in [3.05, 3.63) is 66.0 Å². The fraction of sp³-hybridized carbons (Fsp3) is 0.158. The Kier molecular flexibility index (Phi) is 4.24. The van der Waals surface area contributed by atoms with Crippen LogP contribution in [0.5, 0.6) is 11.5 Å². The second kappa shape index (κ2) is 6.48. The van der Waals surface area contributed by atoms with Gasteiger partial charge >= 0.3 is 0 Å². The lowest BCUT2D eigenvalue weighted by Crippen LogP contribution is -2.04. The van der Waals surface area contributed by atoms with Crippen LogP contribution in [-0.2, 0) is 6.42 Å². The van der Waals surface area contributed by atoms with Crippen LogP contribution < -0.4 is 9.47 Å². The van der Waals surface area contributed by atoms with Gasteiger partial charge in [0.2, 0.25) is 0 Å². The molecule has 0 aliphatic heterocycles. The van der Waals surface area contributed by atoms with Crippen LogP contribution in [0.25, 0.3) is 10.8 Å². The topological polar surface area (TPSA) is 48.4 Å². The summed E-state index contributed by atoms with van der Waals surface area (Å²) in [5.41, 5.74) is 1.57. The fourth-order valence-corrected chi connectivity index (χ4v) is 2.60. The van der Waals surface area contributed by atoms with Gasteiger partial charge in [0, 0.05) is 29.8 Å². The first kappa shape index (κ1) is 15.0. The minimum atomic E-state index is 0.0645. The van der Waals surface area contributed by atoms with E-state index in [1.807, 2.05) is 42.5 Å². The van der Waals surface area contributed by atoms with Crippen LogP contribution >= 0.6 is 0 Å². The van der Waals surface area contributed by atoms with Crippen LogP contribution in [0.4, 0.5) is 0 Å². The van der Waals surface area contributed by atoms with Crippen molar-refractivity contribution >= 4 is 16.6 Å². The van der Waals surface area contributed by atoms with Crippen LogP contribution in [0.2, 0.25) is 0 Å². The number of pyridine rings is 1. The Morgan fingerprint density at radius 2 is 1.70 bits per heavy atom. The molecule has 0 bridgehead atoms. The summed E-state index contributed by atoms with van der Waals surface area (Å²) in [5, 5.41) is 1.86. The van der Waals surface area contributed by atoms with Crippen LogP contribution in [0, 0.1) is 0 Å². The molecule has 0 radical (unpaired) electrons. The summed E-state index contributed by atoms with van der Waals surface area (Å²) >= 11 is 0. The van der Waals surface area contributed by atoms with Gasteiger partial charge < -0.3 is 9.47 Å². The summed E-state index contributed by atoms with van der Waals surface area (Å²) < 4.78 is 10.7. The number of nitrogens with zero attached hydrogens (tertiary/aromatic N) is 1. The SMILES string of the molecule is COc1cc2cncc(CC(=O)c3ccccc3)c2cc1OC. The Hall–Kier alpha value is -2.88. The predicted molar refractivity (Wildman–Crippen MR) is 89.3 cm³/mol. The third-order valence-electron chi connectivity index (χ3n) is 3.79. The van der Waals surface area contributed by atoms with E-state index in [9.17, 15) is 4.79 Å². The summed E-state index contributed by atoms with van der Waals surface area (Å²) in [6.07, 6.45) is 3.78. The number of rotatable bonds is 5. The fourth-order valence-electron chi connectivity index (χ4n) is 2.60. The molecule has 2 aromatic carbocycles. The Morgan fingerprint density at radius 3 is 2.39 bits per heavy atom. The first-order valence-corrected chi connectivity index (χ1v) is 7.30. The lowest BCUT2D eigenvalue weighted by molar-refractivity contribution is 0.0993. The van der Waals surface area contributed by atoms with Gasteiger partial charge in [-0.1, -0.05) is 30.3 Å². The van der Waals surface area contributed by atoms with E-state index in [2.05, 4.69) is 4.98 Å². The molecule has 0 fully saturated rings. The van der Waals surface area contributed by atoms with Crippen molar-refractivity contribution in [1.82, 2.24) is 4.98 Å². The third kappa shape index (κ3) is 3.01. The van der Waals surface area contributed by atoms with E-state index in [0.717, 1.165) is 16.3 Å². The molecule has 3 aromatic rings. The average molecular weight is 307 g/mol. The van der Waals surface area contributed by atoms with Crippen LogP contribution in [0.15, 0.2) is 54.9 Å². The minimum Gasteiger partial charge on any atom is -0.493 e. The van der Waals surface area contributed by atoms with Gasteiger partial charge in [0.15, 0.2) is 17.3 Å². The third-order valence-corrected chi connectivity index (χ3v) is 3.79. The highest BCUT2D eigenvalue weighted by Crippen LogP contribution is 2.33. The molecular formula is C19H17NO3. The zero-order chi connectivity index (χ0) is 16.2. The molecule has 0 spiro atoms. The highest BCUT2D eigenvalue weighted by atomic mass is 16.5. The highest BCUT2D eigenvalue weighted by molar-refractivity contribution is 6.00. The molecule has 0 saturated heterocycles. The number of aromatic nitrogens is 1. The predicted octanol–water partition coefficient (Wildman–Crippen LogP) is 3.68. The molecule has 0 N–H and O–H groups in total. The molecule has 0 saturated carbocycles. The average Bonchev–Trinajstić information content (AvgIpc) is 2.61. The van der Waals surface area contributed by atoms with Gasteiger partial charge in [-0.25, -0.2) is 0 Å². The van der Waals surface area contributed by atoms with Crippen LogP contribution in [0.1, 0.15) is 15.9 Å². The van der Waals surface area contributed by atoms with Crippen molar-refractivity contribution in [2.75, 3.05) is 14.2 Å². The highest BCUT2D eigenvalue weighted by Gasteiger charge is 2.13. The summed E-state index contributed by atoms with van der Waals surface area (Å²) in [6.45, 7) is 0. The number of ketones is 1. The molecular weight excluding hydrogens is 290 g/mol. The van der Waals surface area contributed by atoms with E-state index in [4.69, 9.17) is 9.47 Å². The summed E-state index contributed by atoms with van der Waals surface area (Å²) in [7, 11) is 3.19. The number of methoxy groups -OCH3 is 2. The maximum atomic E-state index is 12.5. The molecule has 3 rings (SSSR count). The van der Waals surface area contributed by atoms with Crippen molar-refractivity contribution in [3.8, 4) is 11.5 Å². The van der Waals surface area contributed by atoms with E-state index in [-0.39, 0.29) is 5.78 Å². The van der Waals surface area contributed by atoms with Crippen LogP contribution in [0.3, 0.4) is 0 Å². The standard InChI is InChI=1S/C19H17NO3/c1-22-18-9-15-12-20-11-14(16(15)10-19(18)23-2)8-17(21)13-6-4-3-5-7-13/h3-7,9-12H,8H2,1-2H3. The van der Waals surface area contributed by atoms with Crippen molar-refractivity contribution in [2.24, 2.45) is 0 Å². The largest absolute Gasteiger partial charge is 0.493 e. The number of benzene rings is 2. The number of Topliss-reactive ketones (excluding diaryl/α,β-unsaturated/α-hetero) is 1. The van der Waals surface area contributed by atoms with Gasteiger partial charge in [-0.3, -0.25) is 9.78 Å². The van der Waals surface area contributed by atoms with Gasteiger partial charge in [-0.2, -0.15) is 0 Å². The smallest absolute Gasteiger partial charge is 0.167 e. The second-order valence-corrected chi connectivity index (χ2v) is 5.19. The van der Waals surface area contributed by atoms with E-state index < -0.39 is 0 Å². The maximum absolute atomic E-state index is 12.5. The Bertz CT molecular complexity index is 844. The first-order valence-electron chi connectivity index (χ1n) is 7.30. The molecule has 23 heavy (non-hydrogen) atoms. The lowest BCUT2D eigenvalue weighted by Gasteiger charge is -2.11. The summed E-state index contributed by atoms with van der Waals surface area (Å²) in [6, 6.07) is 13.0. The van der Waals surface area contributed by atoms with Crippen LogP contribution in [-0.4, -0.2) is 25.0 Å². The monoisotopic (exact) mass is 307 g/mol. The lowest BCUT2D eigenvalue weighted by atomic mass is 9.99. The van der Waals surface area contributed by atoms with E-state index in [0.29, 0.717) is 23.5 Å². The summed E-state index contributed by atoms with van der Waals surface area (Å²) in [4.78, 5) is 16.7. The zero-order valence-electron chi connectivity index (χ0n) is 13.1. The molecule has 4 nitrogen and oxygen atoms in total. The number of hydrogen-bond acceptors (Lipinski definition) is 4. The minimum absolute atomic E-state index is 0.0645. The normalized spacial score (nSPS) is 10.5. The molecule has 0 unspecified atom stereocenters. The van der Waals surface area contributed by atoms with E-state index in [1.165, 1.54) is 0 Å². The molecule has 0 atom stereocenters. The number of fused-ring (bicyclic) bond motifs is 1. The second-order valence-electron chi connectivity index (χ2n) is 5.19. The number of hydrogen-bond donors (Lipinski definition) is 0. The van der Waals surface area contributed by atoms with Gasteiger partial charge in [0.25, 0.3) is 0 Å². The number of carbonyl (C=O) groups excluding carboxylic acids is 1. The van der Waals surface area contributed by atoms with Crippen molar-refractivity contribution in [1.29, 1.82) is 0 Å². The maximum Gasteiger partial charge on any atom is 0.167 e.